The average molecular weight is 251 g/mol. The Balaban J connectivity index is 2.42. The van der Waals surface area contributed by atoms with Gasteiger partial charge in [0.2, 0.25) is 0 Å². The molecule has 0 unspecified atom stereocenters. The predicted octanol–water partition coefficient (Wildman–Crippen LogP) is 1.83. The van der Waals surface area contributed by atoms with E-state index in [0.717, 1.165) is 11.3 Å². The van der Waals surface area contributed by atoms with Gasteiger partial charge in [-0.3, -0.25) is 4.79 Å². The van der Waals surface area contributed by atoms with Crippen molar-refractivity contribution in [3.63, 3.8) is 0 Å². The molecule has 0 spiro atoms. The Morgan fingerprint density at radius 2 is 2.11 bits per heavy atom. The molecule has 4 nitrogen and oxygen atoms in total. The van der Waals surface area contributed by atoms with Crippen LogP contribution in [0.4, 0.5) is 0 Å². The number of nitrogens with one attached hydrogen (secondary N) is 1. The molecule has 1 aromatic rings. The zero-order valence-corrected chi connectivity index (χ0v) is 11.4. The third-order valence-corrected chi connectivity index (χ3v) is 2.51. The van der Waals surface area contributed by atoms with E-state index in [1.54, 1.807) is 7.11 Å². The van der Waals surface area contributed by atoms with Crippen LogP contribution in [0.25, 0.3) is 0 Å². The first kappa shape index (κ1) is 14.5. The summed E-state index contributed by atoms with van der Waals surface area (Å²) >= 11 is 0. The van der Waals surface area contributed by atoms with Gasteiger partial charge >= 0.3 is 0 Å². The number of carbonyl (C=O) groups is 1. The quantitative estimate of drug-likeness (QED) is 0.839. The van der Waals surface area contributed by atoms with Gasteiger partial charge in [0.05, 0.1) is 6.61 Å². The van der Waals surface area contributed by atoms with Crippen LogP contribution in [0, 0.1) is 13.8 Å². The maximum atomic E-state index is 11.6. The summed E-state index contributed by atoms with van der Waals surface area (Å²) in [5, 5.41) is 2.79. The van der Waals surface area contributed by atoms with Gasteiger partial charge in [-0.1, -0.05) is 17.7 Å². The molecular formula is C14H21NO3. The molecule has 1 amide bonds. The van der Waals surface area contributed by atoms with Gasteiger partial charge in [-0.05, 0) is 32.4 Å². The minimum absolute atomic E-state index is 0.00906. The number of aryl methyl sites for hydroxylation is 2. The molecule has 0 bridgehead atoms. The van der Waals surface area contributed by atoms with Crippen LogP contribution in [-0.4, -0.2) is 32.3 Å². The Morgan fingerprint density at radius 1 is 1.39 bits per heavy atom. The monoisotopic (exact) mass is 251 g/mol. The highest BCUT2D eigenvalue weighted by atomic mass is 16.5. The summed E-state index contributed by atoms with van der Waals surface area (Å²) in [5.74, 6) is 0.606. The average Bonchev–Trinajstić information content (AvgIpc) is 2.28. The highest BCUT2D eigenvalue weighted by Gasteiger charge is 2.08. The van der Waals surface area contributed by atoms with Crippen molar-refractivity contribution in [1.29, 1.82) is 0 Å². The molecule has 100 valence electrons. The lowest BCUT2D eigenvalue weighted by molar-refractivity contribution is -0.124. The molecule has 1 rings (SSSR count). The SMILES string of the molecule is COC[C@@H](C)NC(=O)COc1ccc(C)cc1C. The Morgan fingerprint density at radius 3 is 2.72 bits per heavy atom. The third-order valence-electron chi connectivity index (χ3n) is 2.51. The van der Waals surface area contributed by atoms with Gasteiger partial charge in [0, 0.05) is 13.2 Å². The lowest BCUT2D eigenvalue weighted by Gasteiger charge is -2.14. The van der Waals surface area contributed by atoms with Crippen molar-refractivity contribution in [2.75, 3.05) is 20.3 Å². The molecule has 0 heterocycles. The van der Waals surface area contributed by atoms with Crippen molar-refractivity contribution >= 4 is 5.91 Å². The highest BCUT2D eigenvalue weighted by molar-refractivity contribution is 5.77. The van der Waals surface area contributed by atoms with E-state index in [-0.39, 0.29) is 18.6 Å². The van der Waals surface area contributed by atoms with E-state index in [0.29, 0.717) is 6.61 Å². The Kier molecular flexibility index (Phi) is 5.65. The van der Waals surface area contributed by atoms with Crippen molar-refractivity contribution in [3.8, 4) is 5.75 Å². The van der Waals surface area contributed by atoms with Crippen molar-refractivity contribution < 1.29 is 14.3 Å². The molecule has 0 aromatic heterocycles. The summed E-state index contributed by atoms with van der Waals surface area (Å²) in [6.45, 7) is 6.40. The zero-order chi connectivity index (χ0) is 13.5. The molecule has 0 aliphatic carbocycles. The van der Waals surface area contributed by atoms with Crippen LogP contribution in [0.3, 0.4) is 0 Å². The van der Waals surface area contributed by atoms with Crippen LogP contribution < -0.4 is 10.1 Å². The van der Waals surface area contributed by atoms with E-state index in [9.17, 15) is 4.79 Å². The van der Waals surface area contributed by atoms with Crippen LogP contribution in [-0.2, 0) is 9.53 Å². The summed E-state index contributed by atoms with van der Waals surface area (Å²) < 4.78 is 10.4. The Labute approximate surface area is 108 Å². The number of carbonyl (C=O) groups excluding carboxylic acids is 1. The maximum absolute atomic E-state index is 11.6. The lowest BCUT2D eigenvalue weighted by atomic mass is 10.1. The zero-order valence-electron chi connectivity index (χ0n) is 11.4. The van der Waals surface area contributed by atoms with E-state index in [1.165, 1.54) is 5.56 Å². The smallest absolute Gasteiger partial charge is 0.258 e. The molecule has 0 saturated heterocycles. The minimum atomic E-state index is -0.139. The molecule has 18 heavy (non-hydrogen) atoms. The molecule has 0 radical (unpaired) electrons. The molecule has 4 heteroatoms. The lowest BCUT2D eigenvalue weighted by Crippen LogP contribution is -2.38. The van der Waals surface area contributed by atoms with Gasteiger partial charge in [0.25, 0.3) is 5.91 Å². The maximum Gasteiger partial charge on any atom is 0.258 e. The largest absolute Gasteiger partial charge is 0.484 e. The number of hydrogen-bond donors (Lipinski definition) is 1. The van der Waals surface area contributed by atoms with E-state index in [2.05, 4.69) is 5.32 Å². The normalized spacial score (nSPS) is 12.0. The van der Waals surface area contributed by atoms with Gasteiger partial charge < -0.3 is 14.8 Å². The number of amides is 1. The second-order valence-corrected chi connectivity index (χ2v) is 4.48. The second kappa shape index (κ2) is 7.01. The molecular weight excluding hydrogens is 230 g/mol. The molecule has 0 fully saturated rings. The number of methoxy groups -OCH3 is 1. The van der Waals surface area contributed by atoms with Crippen molar-refractivity contribution in [1.82, 2.24) is 5.32 Å². The van der Waals surface area contributed by atoms with E-state index in [4.69, 9.17) is 9.47 Å². The van der Waals surface area contributed by atoms with Crippen molar-refractivity contribution in [3.05, 3.63) is 29.3 Å². The predicted molar refractivity (Wildman–Crippen MR) is 70.9 cm³/mol. The van der Waals surface area contributed by atoms with Crippen LogP contribution in [0.5, 0.6) is 5.75 Å². The fourth-order valence-electron chi connectivity index (χ4n) is 1.71. The first-order chi connectivity index (χ1) is 8.52. The third kappa shape index (κ3) is 4.75. The fourth-order valence-corrected chi connectivity index (χ4v) is 1.71. The number of benzene rings is 1. The molecule has 1 N–H and O–H groups in total. The summed E-state index contributed by atoms with van der Waals surface area (Å²) in [6, 6.07) is 5.87. The second-order valence-electron chi connectivity index (χ2n) is 4.48. The van der Waals surface area contributed by atoms with E-state index >= 15 is 0 Å². The standard InChI is InChI=1S/C14H21NO3/c1-10-5-6-13(11(2)7-10)18-9-14(16)15-12(3)8-17-4/h5-7,12H,8-9H2,1-4H3,(H,15,16)/t12-/m1/s1. The molecule has 1 aromatic carbocycles. The highest BCUT2D eigenvalue weighted by Crippen LogP contribution is 2.18. The summed E-state index contributed by atoms with van der Waals surface area (Å²) in [4.78, 5) is 11.6. The van der Waals surface area contributed by atoms with Crippen LogP contribution in [0.15, 0.2) is 18.2 Å². The first-order valence-corrected chi connectivity index (χ1v) is 6.01. The topological polar surface area (TPSA) is 47.6 Å². The molecule has 0 aliphatic rings. The summed E-state index contributed by atoms with van der Waals surface area (Å²) in [6.07, 6.45) is 0. The first-order valence-electron chi connectivity index (χ1n) is 6.01. The summed E-state index contributed by atoms with van der Waals surface area (Å²) in [7, 11) is 1.61. The van der Waals surface area contributed by atoms with E-state index in [1.807, 2.05) is 39.0 Å². The van der Waals surface area contributed by atoms with Gasteiger partial charge in [0.1, 0.15) is 5.75 Å². The number of ether oxygens (including phenoxy) is 2. The molecule has 1 atom stereocenters. The molecule has 0 aliphatic heterocycles. The molecule has 0 saturated carbocycles. The number of hydrogen-bond acceptors (Lipinski definition) is 3. The van der Waals surface area contributed by atoms with Crippen molar-refractivity contribution in [2.24, 2.45) is 0 Å². The van der Waals surface area contributed by atoms with Gasteiger partial charge in [-0.25, -0.2) is 0 Å². The van der Waals surface area contributed by atoms with Crippen LogP contribution in [0.2, 0.25) is 0 Å². The fraction of sp³-hybridized carbons (Fsp3) is 0.500. The van der Waals surface area contributed by atoms with Gasteiger partial charge in [-0.2, -0.15) is 0 Å². The Bertz CT molecular complexity index is 404. The summed E-state index contributed by atoms with van der Waals surface area (Å²) in [5.41, 5.74) is 2.21. The van der Waals surface area contributed by atoms with Gasteiger partial charge in [0.15, 0.2) is 6.61 Å². The van der Waals surface area contributed by atoms with Crippen molar-refractivity contribution in [2.45, 2.75) is 26.8 Å². The minimum Gasteiger partial charge on any atom is -0.484 e. The number of rotatable bonds is 6. The van der Waals surface area contributed by atoms with Gasteiger partial charge in [-0.15, -0.1) is 0 Å². The van der Waals surface area contributed by atoms with Crippen LogP contribution >= 0.6 is 0 Å². The Hall–Kier alpha value is -1.55. The van der Waals surface area contributed by atoms with Crippen LogP contribution in [0.1, 0.15) is 18.1 Å². The van der Waals surface area contributed by atoms with E-state index < -0.39 is 0 Å².